The van der Waals surface area contributed by atoms with E-state index in [4.69, 9.17) is 21.8 Å². The number of primary amides is 1. The quantitative estimate of drug-likeness (QED) is 0.886. The molecule has 1 amide bonds. The number of amides is 1. The zero-order valence-electron chi connectivity index (χ0n) is 9.64. The van der Waals surface area contributed by atoms with Gasteiger partial charge in [-0.05, 0) is 24.3 Å². The molecule has 0 atom stereocenters. The fourth-order valence-electron chi connectivity index (χ4n) is 1.67. The summed E-state index contributed by atoms with van der Waals surface area (Å²) in [5.74, 6) is 0.447. The van der Waals surface area contributed by atoms with Crippen molar-refractivity contribution in [1.29, 1.82) is 0 Å². The van der Waals surface area contributed by atoms with Gasteiger partial charge in [0, 0.05) is 11.4 Å². The maximum atomic E-state index is 11.1. The number of carbonyl (C=O) groups is 1. The third-order valence-electron chi connectivity index (χ3n) is 2.35. The van der Waals surface area contributed by atoms with Crippen LogP contribution in [0.3, 0.4) is 0 Å². The molecule has 18 heavy (non-hydrogen) atoms. The standard InChI is InChI=1S/C12H13ClN2O2S/c13-11-4-3-10(18-11)7-15(8-12(14)16)6-9-2-1-5-17-9/h1-5H,6-8H2,(H2,14,16). The van der Waals surface area contributed by atoms with Crippen LogP contribution in [0.25, 0.3) is 0 Å². The van der Waals surface area contributed by atoms with Crippen molar-refractivity contribution in [3.8, 4) is 0 Å². The largest absolute Gasteiger partial charge is 0.468 e. The molecule has 0 aliphatic heterocycles. The highest BCUT2D eigenvalue weighted by Gasteiger charge is 2.12. The van der Waals surface area contributed by atoms with E-state index in [1.165, 1.54) is 11.3 Å². The van der Waals surface area contributed by atoms with E-state index in [-0.39, 0.29) is 12.5 Å². The molecule has 4 nitrogen and oxygen atoms in total. The SMILES string of the molecule is NC(=O)CN(Cc1ccco1)Cc1ccc(Cl)s1. The van der Waals surface area contributed by atoms with E-state index in [0.717, 1.165) is 15.0 Å². The van der Waals surface area contributed by atoms with Crippen LogP contribution in [0.15, 0.2) is 34.9 Å². The second-order valence-corrected chi connectivity index (χ2v) is 5.70. The lowest BCUT2D eigenvalue weighted by atomic mass is 10.3. The van der Waals surface area contributed by atoms with Crippen molar-refractivity contribution in [2.24, 2.45) is 5.73 Å². The number of nitrogens with zero attached hydrogens (tertiary/aromatic N) is 1. The first kappa shape index (κ1) is 13.1. The smallest absolute Gasteiger partial charge is 0.231 e. The molecular formula is C12H13ClN2O2S. The predicted octanol–water partition coefficient (Wildman–Crippen LogP) is 2.48. The summed E-state index contributed by atoms with van der Waals surface area (Å²) in [7, 11) is 0. The Morgan fingerprint density at radius 1 is 1.39 bits per heavy atom. The summed E-state index contributed by atoms with van der Waals surface area (Å²) in [5, 5.41) is 0. The average Bonchev–Trinajstić information content (AvgIpc) is 2.89. The van der Waals surface area contributed by atoms with Gasteiger partial charge >= 0.3 is 0 Å². The molecule has 0 aliphatic carbocycles. The topological polar surface area (TPSA) is 59.5 Å². The number of hydrogen-bond acceptors (Lipinski definition) is 4. The molecule has 2 heterocycles. The van der Waals surface area contributed by atoms with Crippen LogP contribution in [0.1, 0.15) is 10.6 Å². The molecular weight excluding hydrogens is 272 g/mol. The van der Waals surface area contributed by atoms with Crippen LogP contribution >= 0.6 is 22.9 Å². The highest BCUT2D eigenvalue weighted by molar-refractivity contribution is 7.16. The molecule has 0 aromatic carbocycles. The Morgan fingerprint density at radius 2 is 2.22 bits per heavy atom. The van der Waals surface area contributed by atoms with Crippen LogP contribution in [0.2, 0.25) is 4.34 Å². The number of halogens is 1. The highest BCUT2D eigenvalue weighted by atomic mass is 35.5. The summed E-state index contributed by atoms with van der Waals surface area (Å²) >= 11 is 7.38. The summed E-state index contributed by atoms with van der Waals surface area (Å²) in [6.45, 7) is 1.36. The van der Waals surface area contributed by atoms with Crippen molar-refractivity contribution < 1.29 is 9.21 Å². The monoisotopic (exact) mass is 284 g/mol. The Hall–Kier alpha value is -1.30. The number of carbonyl (C=O) groups excluding carboxylic acids is 1. The van der Waals surface area contributed by atoms with Gasteiger partial charge in [0.25, 0.3) is 0 Å². The van der Waals surface area contributed by atoms with E-state index in [9.17, 15) is 4.79 Å². The summed E-state index contributed by atoms with van der Waals surface area (Å²) in [6.07, 6.45) is 1.61. The second-order valence-electron chi connectivity index (χ2n) is 3.90. The summed E-state index contributed by atoms with van der Waals surface area (Å²) in [4.78, 5) is 14.1. The van der Waals surface area contributed by atoms with Gasteiger partial charge in [-0.25, -0.2) is 0 Å². The van der Waals surface area contributed by atoms with Crippen LogP contribution < -0.4 is 5.73 Å². The summed E-state index contributed by atoms with van der Waals surface area (Å²) in [6, 6.07) is 7.48. The molecule has 0 fully saturated rings. The molecule has 0 aliphatic rings. The predicted molar refractivity (Wildman–Crippen MR) is 71.3 cm³/mol. The maximum absolute atomic E-state index is 11.1. The Kier molecular flexibility index (Phi) is 4.41. The van der Waals surface area contributed by atoms with Gasteiger partial charge in [-0.2, -0.15) is 0 Å². The fraction of sp³-hybridized carbons (Fsp3) is 0.250. The molecule has 0 bridgehead atoms. The Morgan fingerprint density at radius 3 is 2.78 bits per heavy atom. The van der Waals surface area contributed by atoms with E-state index in [1.807, 2.05) is 29.2 Å². The van der Waals surface area contributed by atoms with Crippen LogP contribution in [0, 0.1) is 0 Å². The first-order valence-electron chi connectivity index (χ1n) is 5.41. The van der Waals surface area contributed by atoms with Crippen molar-refractivity contribution >= 4 is 28.8 Å². The van der Waals surface area contributed by atoms with Crippen molar-refractivity contribution in [2.45, 2.75) is 13.1 Å². The van der Waals surface area contributed by atoms with E-state index in [2.05, 4.69) is 0 Å². The maximum Gasteiger partial charge on any atom is 0.231 e. The van der Waals surface area contributed by atoms with Gasteiger partial charge in [-0.15, -0.1) is 11.3 Å². The van der Waals surface area contributed by atoms with Crippen molar-refractivity contribution in [1.82, 2.24) is 4.90 Å². The van der Waals surface area contributed by atoms with Gasteiger partial charge in [-0.1, -0.05) is 11.6 Å². The third-order valence-corrected chi connectivity index (χ3v) is 3.56. The number of thiophene rings is 1. The number of nitrogens with two attached hydrogens (primary N) is 1. The molecule has 0 saturated heterocycles. The summed E-state index contributed by atoms with van der Waals surface area (Å²) < 4.78 is 6.01. The van der Waals surface area contributed by atoms with Crippen LogP contribution in [-0.2, 0) is 17.9 Å². The van der Waals surface area contributed by atoms with Crippen LogP contribution in [0.5, 0.6) is 0 Å². The van der Waals surface area contributed by atoms with Gasteiger partial charge in [0.2, 0.25) is 5.91 Å². The molecule has 2 aromatic heterocycles. The van der Waals surface area contributed by atoms with Crippen molar-refractivity contribution in [2.75, 3.05) is 6.54 Å². The average molecular weight is 285 g/mol. The minimum atomic E-state index is -0.357. The van der Waals surface area contributed by atoms with Gasteiger partial charge < -0.3 is 10.2 Å². The van der Waals surface area contributed by atoms with Gasteiger partial charge in [0.1, 0.15) is 5.76 Å². The molecule has 0 spiro atoms. The van der Waals surface area contributed by atoms with Gasteiger partial charge in [-0.3, -0.25) is 9.69 Å². The number of hydrogen-bond donors (Lipinski definition) is 1. The number of rotatable bonds is 6. The van der Waals surface area contributed by atoms with E-state index in [1.54, 1.807) is 6.26 Å². The Labute approximate surface area is 114 Å². The minimum absolute atomic E-state index is 0.191. The van der Waals surface area contributed by atoms with Crippen LogP contribution in [-0.4, -0.2) is 17.4 Å². The zero-order chi connectivity index (χ0) is 13.0. The number of furan rings is 1. The van der Waals surface area contributed by atoms with Gasteiger partial charge in [0.15, 0.2) is 0 Å². The second kappa shape index (κ2) is 6.04. The summed E-state index contributed by atoms with van der Waals surface area (Å²) in [5.41, 5.74) is 5.25. The van der Waals surface area contributed by atoms with Gasteiger partial charge in [0.05, 0.1) is 23.7 Å². The molecule has 0 unspecified atom stereocenters. The molecule has 6 heteroatoms. The highest BCUT2D eigenvalue weighted by Crippen LogP contribution is 2.23. The molecule has 2 rings (SSSR count). The first-order chi connectivity index (χ1) is 8.63. The molecule has 0 saturated carbocycles. The molecule has 2 aromatic rings. The van der Waals surface area contributed by atoms with E-state index < -0.39 is 0 Å². The lowest BCUT2D eigenvalue weighted by Crippen LogP contribution is -2.32. The fourth-order valence-corrected chi connectivity index (χ4v) is 2.80. The molecule has 2 N–H and O–H groups in total. The van der Waals surface area contributed by atoms with Crippen molar-refractivity contribution in [3.05, 3.63) is 45.5 Å². The normalized spacial score (nSPS) is 11.0. The Bertz CT molecular complexity index is 510. The Balaban J connectivity index is 2.02. The van der Waals surface area contributed by atoms with Crippen molar-refractivity contribution in [3.63, 3.8) is 0 Å². The zero-order valence-corrected chi connectivity index (χ0v) is 11.2. The van der Waals surface area contributed by atoms with Crippen LogP contribution in [0.4, 0.5) is 0 Å². The molecule has 96 valence electrons. The minimum Gasteiger partial charge on any atom is -0.468 e. The third kappa shape index (κ3) is 3.87. The lowest BCUT2D eigenvalue weighted by Gasteiger charge is -2.18. The van der Waals surface area contributed by atoms with E-state index >= 15 is 0 Å². The lowest BCUT2D eigenvalue weighted by molar-refractivity contribution is -0.119. The van der Waals surface area contributed by atoms with E-state index in [0.29, 0.717) is 13.1 Å². The first-order valence-corrected chi connectivity index (χ1v) is 6.60. The molecule has 0 radical (unpaired) electrons.